The first-order valence-electron chi connectivity index (χ1n) is 8.92. The Bertz CT molecular complexity index is 999. The second kappa shape index (κ2) is 10.3. The van der Waals surface area contributed by atoms with Crippen LogP contribution < -0.4 is 15.4 Å². The molecule has 1 heterocycles. The van der Waals surface area contributed by atoms with Gasteiger partial charge in [0.15, 0.2) is 5.11 Å². The third kappa shape index (κ3) is 6.46. The van der Waals surface area contributed by atoms with Crippen LogP contribution in [0.25, 0.3) is 6.08 Å². The monoisotopic (exact) mass is 467 g/mol. The Morgan fingerprint density at radius 1 is 1.13 bits per heavy atom. The predicted molar refractivity (Wildman–Crippen MR) is 116 cm³/mol. The molecule has 1 aliphatic rings. The van der Waals surface area contributed by atoms with Gasteiger partial charge in [-0.25, -0.2) is 4.39 Å². The maximum absolute atomic E-state index is 13.0. The van der Waals surface area contributed by atoms with E-state index in [9.17, 15) is 22.8 Å². The Balaban J connectivity index is 1.48. The maximum atomic E-state index is 13.0. The lowest BCUT2D eigenvalue weighted by Crippen LogP contribution is -2.38. The van der Waals surface area contributed by atoms with Crippen molar-refractivity contribution >= 4 is 52.0 Å². The number of ether oxygens (including phenoxy) is 1. The number of halogens is 3. The van der Waals surface area contributed by atoms with Gasteiger partial charge in [0, 0.05) is 18.8 Å². The lowest BCUT2D eigenvalue weighted by Gasteiger charge is -2.15. The highest BCUT2D eigenvalue weighted by atomic mass is 32.2. The SMILES string of the molecule is O=C1S/C(=C/c2ccc(F)cc2)C(=O)N1CCNC(=S)Nc1ccc(OC(F)F)cc1. The number of nitrogens with zero attached hydrogens (tertiary/aromatic N) is 1. The van der Waals surface area contributed by atoms with E-state index >= 15 is 0 Å². The number of carbonyl (C=O) groups is 2. The van der Waals surface area contributed by atoms with E-state index in [4.69, 9.17) is 12.2 Å². The first kappa shape index (κ1) is 22.6. The van der Waals surface area contributed by atoms with E-state index in [1.54, 1.807) is 0 Å². The molecule has 1 fully saturated rings. The van der Waals surface area contributed by atoms with Crippen molar-refractivity contribution in [2.24, 2.45) is 0 Å². The summed E-state index contributed by atoms with van der Waals surface area (Å²) in [5, 5.41) is 5.55. The van der Waals surface area contributed by atoms with Gasteiger partial charge in [0.1, 0.15) is 11.6 Å². The molecule has 11 heteroatoms. The molecule has 162 valence electrons. The van der Waals surface area contributed by atoms with Gasteiger partial charge in [0.05, 0.1) is 4.91 Å². The smallest absolute Gasteiger partial charge is 0.387 e. The Kier molecular flexibility index (Phi) is 7.53. The minimum absolute atomic E-state index is 0.0208. The molecule has 0 spiro atoms. The van der Waals surface area contributed by atoms with Crippen LogP contribution in [0.15, 0.2) is 53.4 Å². The number of alkyl halides is 2. The highest BCUT2D eigenvalue weighted by Gasteiger charge is 2.34. The van der Waals surface area contributed by atoms with Crippen molar-refractivity contribution in [3.63, 3.8) is 0 Å². The van der Waals surface area contributed by atoms with Crippen molar-refractivity contribution < 1.29 is 27.5 Å². The minimum atomic E-state index is -2.90. The maximum Gasteiger partial charge on any atom is 0.387 e. The molecular formula is C20H16F3N3O3S2. The third-order valence-electron chi connectivity index (χ3n) is 4.00. The van der Waals surface area contributed by atoms with Crippen LogP contribution in [0.5, 0.6) is 5.75 Å². The van der Waals surface area contributed by atoms with E-state index < -0.39 is 23.6 Å². The van der Waals surface area contributed by atoms with Gasteiger partial charge in [-0.05, 0) is 72.0 Å². The number of amides is 2. The van der Waals surface area contributed by atoms with E-state index in [1.807, 2.05) is 0 Å². The Hall–Kier alpha value is -3.05. The van der Waals surface area contributed by atoms with E-state index in [-0.39, 0.29) is 28.9 Å². The lowest BCUT2D eigenvalue weighted by atomic mass is 10.2. The molecule has 0 unspecified atom stereocenters. The summed E-state index contributed by atoms with van der Waals surface area (Å²) in [4.78, 5) is 25.9. The van der Waals surface area contributed by atoms with Crippen molar-refractivity contribution in [3.8, 4) is 5.75 Å². The first-order valence-corrected chi connectivity index (χ1v) is 10.1. The number of thioether (sulfide) groups is 1. The Morgan fingerprint density at radius 2 is 1.81 bits per heavy atom. The van der Waals surface area contributed by atoms with Crippen molar-refractivity contribution in [2.75, 3.05) is 18.4 Å². The summed E-state index contributed by atoms with van der Waals surface area (Å²) in [6, 6.07) is 11.3. The molecule has 0 atom stereocenters. The number of rotatable bonds is 7. The van der Waals surface area contributed by atoms with Crippen LogP contribution in [0.3, 0.4) is 0 Å². The van der Waals surface area contributed by atoms with Gasteiger partial charge in [-0.3, -0.25) is 14.5 Å². The normalized spacial score (nSPS) is 15.0. The van der Waals surface area contributed by atoms with Crippen LogP contribution in [-0.2, 0) is 4.79 Å². The molecule has 0 radical (unpaired) electrons. The molecule has 2 aromatic carbocycles. The van der Waals surface area contributed by atoms with Crippen LogP contribution in [0.4, 0.5) is 23.7 Å². The van der Waals surface area contributed by atoms with Crippen LogP contribution in [-0.4, -0.2) is 40.9 Å². The van der Waals surface area contributed by atoms with Crippen LogP contribution in [0.2, 0.25) is 0 Å². The van der Waals surface area contributed by atoms with Gasteiger partial charge in [0.25, 0.3) is 11.1 Å². The number of hydrogen-bond donors (Lipinski definition) is 2. The van der Waals surface area contributed by atoms with Crippen molar-refractivity contribution in [2.45, 2.75) is 6.61 Å². The first-order chi connectivity index (χ1) is 14.8. The summed E-state index contributed by atoms with van der Waals surface area (Å²) in [5.74, 6) is -0.805. The number of carbonyl (C=O) groups excluding carboxylic acids is 2. The summed E-state index contributed by atoms with van der Waals surface area (Å²) in [7, 11) is 0. The summed E-state index contributed by atoms with van der Waals surface area (Å²) < 4.78 is 41.6. The van der Waals surface area contributed by atoms with Gasteiger partial charge in [-0.15, -0.1) is 0 Å². The third-order valence-corrected chi connectivity index (χ3v) is 5.15. The molecule has 31 heavy (non-hydrogen) atoms. The standard InChI is InChI=1S/C20H16F3N3O3S2/c21-13-3-1-12(2-4-13)11-16-17(27)26(20(28)31-16)10-9-24-19(30)25-14-5-7-15(8-6-14)29-18(22)23/h1-8,11,18H,9-10H2,(H2,24,25,30)/b16-11+. The summed E-state index contributed by atoms with van der Waals surface area (Å²) in [5.41, 5.74) is 1.16. The number of hydrogen-bond acceptors (Lipinski definition) is 5. The van der Waals surface area contributed by atoms with Crippen molar-refractivity contribution in [1.29, 1.82) is 0 Å². The molecule has 2 amide bonds. The number of thiocarbonyl (C=S) groups is 1. The molecule has 0 bridgehead atoms. The average Bonchev–Trinajstić information content (AvgIpc) is 2.98. The lowest BCUT2D eigenvalue weighted by molar-refractivity contribution is -0.122. The molecule has 1 aliphatic heterocycles. The highest BCUT2D eigenvalue weighted by molar-refractivity contribution is 8.18. The van der Waals surface area contributed by atoms with Crippen LogP contribution >= 0.6 is 24.0 Å². The fraction of sp³-hybridized carbons (Fsp3) is 0.150. The molecule has 0 aromatic heterocycles. The van der Waals surface area contributed by atoms with Gasteiger partial charge in [-0.1, -0.05) is 12.1 Å². The van der Waals surface area contributed by atoms with Gasteiger partial charge in [0.2, 0.25) is 0 Å². The Labute approximate surface area is 185 Å². The second-order valence-corrected chi connectivity index (χ2v) is 7.57. The number of imide groups is 1. The molecule has 2 aromatic rings. The number of benzene rings is 2. The number of nitrogens with one attached hydrogen (secondary N) is 2. The molecule has 1 saturated heterocycles. The highest BCUT2D eigenvalue weighted by Crippen LogP contribution is 2.31. The van der Waals surface area contributed by atoms with Crippen molar-refractivity contribution in [3.05, 3.63) is 64.8 Å². The summed E-state index contributed by atoms with van der Waals surface area (Å²) >= 11 is 5.96. The van der Waals surface area contributed by atoms with E-state index in [0.717, 1.165) is 16.7 Å². The zero-order valence-corrected chi connectivity index (χ0v) is 17.4. The second-order valence-electron chi connectivity index (χ2n) is 6.17. The molecule has 3 rings (SSSR count). The van der Waals surface area contributed by atoms with Crippen molar-refractivity contribution in [1.82, 2.24) is 10.2 Å². The molecule has 2 N–H and O–H groups in total. The molecular weight excluding hydrogens is 451 g/mol. The van der Waals surface area contributed by atoms with Gasteiger partial charge >= 0.3 is 6.61 Å². The fourth-order valence-electron chi connectivity index (χ4n) is 2.58. The average molecular weight is 467 g/mol. The zero-order chi connectivity index (χ0) is 22.4. The topological polar surface area (TPSA) is 70.7 Å². The molecule has 6 nitrogen and oxygen atoms in total. The zero-order valence-electron chi connectivity index (χ0n) is 15.8. The predicted octanol–water partition coefficient (Wildman–Crippen LogP) is 4.45. The van der Waals surface area contributed by atoms with Gasteiger partial charge in [-0.2, -0.15) is 8.78 Å². The fourth-order valence-corrected chi connectivity index (χ4v) is 3.66. The summed E-state index contributed by atoms with van der Waals surface area (Å²) in [6.07, 6.45) is 1.53. The number of anilines is 1. The van der Waals surface area contributed by atoms with E-state index in [0.29, 0.717) is 11.3 Å². The molecule has 0 aliphatic carbocycles. The van der Waals surface area contributed by atoms with Gasteiger partial charge < -0.3 is 15.4 Å². The Morgan fingerprint density at radius 3 is 2.45 bits per heavy atom. The minimum Gasteiger partial charge on any atom is -0.435 e. The van der Waals surface area contributed by atoms with E-state index in [2.05, 4.69) is 15.4 Å². The molecule has 0 saturated carbocycles. The quantitative estimate of drug-likeness (QED) is 0.461. The van der Waals surface area contributed by atoms with Crippen LogP contribution in [0.1, 0.15) is 5.56 Å². The largest absolute Gasteiger partial charge is 0.435 e. The van der Waals surface area contributed by atoms with Crippen LogP contribution in [0, 0.1) is 5.82 Å². The van der Waals surface area contributed by atoms with E-state index in [1.165, 1.54) is 54.6 Å². The summed E-state index contributed by atoms with van der Waals surface area (Å²) in [6.45, 7) is -2.60.